The van der Waals surface area contributed by atoms with E-state index in [9.17, 15) is 5.11 Å². The molecule has 0 saturated heterocycles. The van der Waals surface area contributed by atoms with Crippen LogP contribution in [0.15, 0.2) is 59.7 Å². The monoisotopic (exact) mass is 417 g/mol. The van der Waals surface area contributed by atoms with Crippen LogP contribution in [0.4, 0.5) is 0 Å². The summed E-state index contributed by atoms with van der Waals surface area (Å²) in [5.41, 5.74) is 5.02. The highest BCUT2D eigenvalue weighted by Gasteiger charge is 2.36. The van der Waals surface area contributed by atoms with Crippen LogP contribution in [-0.4, -0.2) is 34.5 Å². The number of hydrogen-bond acceptors (Lipinski definition) is 5. The van der Waals surface area contributed by atoms with Gasteiger partial charge < -0.3 is 14.7 Å². The minimum absolute atomic E-state index is 0.128. The smallest absolute Gasteiger partial charge is 0.135 e. The third kappa shape index (κ3) is 3.17. The Hall–Kier alpha value is -3.12. The molecule has 1 aliphatic heterocycles. The molecular formula is C24H23N3O2S. The molecule has 0 radical (unpaired) electrons. The predicted molar refractivity (Wildman–Crippen MR) is 120 cm³/mol. The van der Waals surface area contributed by atoms with Gasteiger partial charge in [0.05, 0.1) is 31.0 Å². The largest absolute Gasteiger partial charge is 0.510 e. The average molecular weight is 418 g/mol. The second-order valence-corrected chi connectivity index (χ2v) is 8.53. The third-order valence-corrected chi connectivity index (χ3v) is 6.81. The van der Waals surface area contributed by atoms with Crippen molar-refractivity contribution >= 4 is 22.7 Å². The maximum absolute atomic E-state index is 10.8. The Bertz CT molecular complexity index is 1130. The lowest BCUT2D eigenvalue weighted by Gasteiger charge is -2.34. The minimum atomic E-state index is 0.128. The Morgan fingerprint density at radius 3 is 2.77 bits per heavy atom. The third-order valence-electron chi connectivity index (χ3n) is 5.95. The highest BCUT2D eigenvalue weighted by molar-refractivity contribution is 7.11. The fourth-order valence-electron chi connectivity index (χ4n) is 4.43. The summed E-state index contributed by atoms with van der Waals surface area (Å²) in [4.78, 5) is 6.76. The van der Waals surface area contributed by atoms with E-state index in [1.807, 2.05) is 34.5 Å². The molecule has 5 rings (SSSR count). The first-order valence-corrected chi connectivity index (χ1v) is 11.0. The number of amidine groups is 1. The van der Waals surface area contributed by atoms with Crippen LogP contribution in [0.1, 0.15) is 35.0 Å². The lowest BCUT2D eigenvalue weighted by molar-refractivity contribution is 0.274. The number of nitrogens with zero attached hydrogens (tertiary/aromatic N) is 2. The van der Waals surface area contributed by atoms with Gasteiger partial charge in [0, 0.05) is 10.9 Å². The highest BCUT2D eigenvalue weighted by atomic mass is 32.1. The van der Waals surface area contributed by atoms with Gasteiger partial charge in [0.25, 0.3) is 0 Å². The maximum Gasteiger partial charge on any atom is 0.135 e. The number of methoxy groups -OCH3 is 1. The zero-order chi connectivity index (χ0) is 20.7. The van der Waals surface area contributed by atoms with Crippen LogP contribution in [0.25, 0.3) is 16.8 Å². The molecule has 2 aliphatic rings. The summed E-state index contributed by atoms with van der Waals surface area (Å²) >= 11 is 1.47. The van der Waals surface area contributed by atoms with Crippen molar-refractivity contribution in [3.8, 4) is 17.0 Å². The fourth-order valence-corrected chi connectivity index (χ4v) is 5.32. The van der Waals surface area contributed by atoms with Crippen molar-refractivity contribution in [2.24, 2.45) is 0 Å². The van der Waals surface area contributed by atoms with Gasteiger partial charge >= 0.3 is 0 Å². The van der Waals surface area contributed by atoms with Crippen LogP contribution in [0.3, 0.4) is 0 Å². The maximum atomic E-state index is 10.8. The fraction of sp³-hybridized carbons (Fsp3) is 0.250. The summed E-state index contributed by atoms with van der Waals surface area (Å²) in [7, 11) is 1.65. The SMILES string of the molecule is COc1ccc(-c2csc(C3=C(O)CN(C4CCCc5ccccc54)C3=N)n2)cc1. The van der Waals surface area contributed by atoms with Gasteiger partial charge in [-0.1, -0.05) is 24.3 Å². The summed E-state index contributed by atoms with van der Waals surface area (Å²) in [6, 6.07) is 16.4. The Balaban J connectivity index is 1.42. The number of fused-ring (bicyclic) bond motifs is 1. The number of aryl methyl sites for hydroxylation is 1. The molecule has 1 unspecified atom stereocenters. The predicted octanol–water partition coefficient (Wildman–Crippen LogP) is 5.46. The van der Waals surface area contributed by atoms with Crippen molar-refractivity contribution in [1.82, 2.24) is 9.88 Å². The second kappa shape index (κ2) is 7.61. The van der Waals surface area contributed by atoms with Gasteiger partial charge in [-0.25, -0.2) is 4.98 Å². The lowest BCUT2D eigenvalue weighted by Crippen LogP contribution is -2.33. The zero-order valence-corrected chi connectivity index (χ0v) is 17.6. The minimum Gasteiger partial charge on any atom is -0.510 e. The molecule has 152 valence electrons. The molecule has 5 nitrogen and oxygen atoms in total. The van der Waals surface area contributed by atoms with E-state index in [2.05, 4.69) is 24.3 Å². The van der Waals surface area contributed by atoms with Crippen molar-refractivity contribution in [3.63, 3.8) is 0 Å². The van der Waals surface area contributed by atoms with Gasteiger partial charge in [-0.15, -0.1) is 11.3 Å². The molecule has 2 aromatic carbocycles. The van der Waals surface area contributed by atoms with Gasteiger partial charge in [-0.05, 0) is 54.7 Å². The van der Waals surface area contributed by atoms with Crippen LogP contribution in [0.5, 0.6) is 5.75 Å². The van der Waals surface area contributed by atoms with Crippen molar-refractivity contribution in [2.75, 3.05) is 13.7 Å². The normalized spacial score (nSPS) is 18.6. The van der Waals surface area contributed by atoms with E-state index in [-0.39, 0.29) is 11.8 Å². The Morgan fingerprint density at radius 2 is 1.97 bits per heavy atom. The molecule has 0 spiro atoms. The summed E-state index contributed by atoms with van der Waals surface area (Å²) in [6.07, 6.45) is 3.17. The molecule has 30 heavy (non-hydrogen) atoms. The van der Waals surface area contributed by atoms with E-state index in [4.69, 9.17) is 15.1 Å². The number of aromatic nitrogens is 1. The van der Waals surface area contributed by atoms with Crippen molar-refractivity contribution in [2.45, 2.75) is 25.3 Å². The van der Waals surface area contributed by atoms with Crippen molar-refractivity contribution < 1.29 is 9.84 Å². The first-order chi connectivity index (χ1) is 14.7. The van der Waals surface area contributed by atoms with E-state index >= 15 is 0 Å². The summed E-state index contributed by atoms with van der Waals surface area (Å²) in [5.74, 6) is 1.40. The topological polar surface area (TPSA) is 69.4 Å². The molecule has 0 amide bonds. The number of aliphatic hydroxyl groups is 1. The number of rotatable bonds is 4. The van der Waals surface area contributed by atoms with Crippen LogP contribution < -0.4 is 4.74 Å². The highest BCUT2D eigenvalue weighted by Crippen LogP contribution is 2.40. The molecule has 3 aromatic rings. The van der Waals surface area contributed by atoms with Gasteiger partial charge in [-0.3, -0.25) is 5.41 Å². The molecule has 1 aliphatic carbocycles. The second-order valence-electron chi connectivity index (χ2n) is 7.67. The van der Waals surface area contributed by atoms with E-state index < -0.39 is 0 Å². The zero-order valence-electron chi connectivity index (χ0n) is 16.8. The van der Waals surface area contributed by atoms with Gasteiger partial charge in [0.15, 0.2) is 0 Å². The Labute approximate surface area is 179 Å². The Morgan fingerprint density at radius 1 is 1.17 bits per heavy atom. The number of ether oxygens (including phenoxy) is 1. The lowest BCUT2D eigenvalue weighted by atomic mass is 9.87. The van der Waals surface area contributed by atoms with E-state index in [1.165, 1.54) is 22.5 Å². The van der Waals surface area contributed by atoms with Crippen molar-refractivity contribution in [1.29, 1.82) is 5.41 Å². The van der Waals surface area contributed by atoms with Crippen LogP contribution >= 0.6 is 11.3 Å². The molecule has 2 N–H and O–H groups in total. The first-order valence-electron chi connectivity index (χ1n) is 10.1. The van der Waals surface area contributed by atoms with Crippen molar-refractivity contribution in [3.05, 3.63) is 75.8 Å². The van der Waals surface area contributed by atoms with Crippen LogP contribution in [-0.2, 0) is 6.42 Å². The molecular weight excluding hydrogens is 394 g/mol. The van der Waals surface area contributed by atoms with E-state index in [1.54, 1.807) is 7.11 Å². The first kappa shape index (κ1) is 18.9. The summed E-state index contributed by atoms with van der Waals surface area (Å²) in [6.45, 7) is 0.366. The molecule has 1 atom stereocenters. The summed E-state index contributed by atoms with van der Waals surface area (Å²) in [5, 5.41) is 22.3. The van der Waals surface area contributed by atoms with Crippen LogP contribution in [0, 0.1) is 5.41 Å². The number of benzene rings is 2. The number of aliphatic hydroxyl groups excluding tert-OH is 1. The van der Waals surface area contributed by atoms with Gasteiger partial charge in [-0.2, -0.15) is 0 Å². The molecule has 0 bridgehead atoms. The quantitative estimate of drug-likeness (QED) is 0.592. The Kier molecular flexibility index (Phi) is 4.79. The van der Waals surface area contributed by atoms with Crippen LogP contribution in [0.2, 0.25) is 0 Å². The van der Waals surface area contributed by atoms with Gasteiger partial charge in [0.1, 0.15) is 22.4 Å². The van der Waals surface area contributed by atoms with E-state index in [0.717, 1.165) is 36.3 Å². The molecule has 2 heterocycles. The summed E-state index contributed by atoms with van der Waals surface area (Å²) < 4.78 is 5.22. The molecule has 0 fully saturated rings. The molecule has 6 heteroatoms. The van der Waals surface area contributed by atoms with Gasteiger partial charge in [0.2, 0.25) is 0 Å². The average Bonchev–Trinajstić information content (AvgIpc) is 3.37. The van der Waals surface area contributed by atoms with E-state index in [0.29, 0.717) is 23.0 Å². The molecule has 1 aromatic heterocycles. The standard InChI is InChI=1S/C24H23N3O2S/c1-29-17-11-9-16(10-12-17)19-14-30-24(26-19)22-21(28)13-27(23(22)25)20-8-4-6-15-5-2-3-7-18(15)20/h2-3,5,7,9-12,14,20,25,28H,4,6,8,13H2,1H3. The molecule has 0 saturated carbocycles. The number of nitrogens with one attached hydrogen (secondary N) is 1. The number of thiazole rings is 1. The number of hydrogen-bond donors (Lipinski definition) is 2.